The van der Waals surface area contributed by atoms with E-state index in [0.717, 1.165) is 11.0 Å². The Bertz CT molecular complexity index is 291. The highest BCUT2D eigenvalue weighted by Crippen LogP contribution is 2.14. The van der Waals surface area contributed by atoms with Crippen LogP contribution in [0.1, 0.15) is 19.3 Å². The third-order valence-electron chi connectivity index (χ3n) is 2.81. The largest absolute Gasteiger partial charge is 0.383 e. The topological polar surface area (TPSA) is 24.1 Å². The Morgan fingerprint density at radius 1 is 1.27 bits per heavy atom. The molecule has 2 nitrogen and oxygen atoms in total. The van der Waals surface area contributed by atoms with Gasteiger partial charge >= 0.3 is 0 Å². The Labute approximate surface area is 99.6 Å². The van der Waals surface area contributed by atoms with Crippen molar-refractivity contribution in [1.82, 2.24) is 5.32 Å². The fourth-order valence-corrected chi connectivity index (χ4v) is 2.17. The third-order valence-corrected chi connectivity index (χ3v) is 3.34. The smallest absolute Gasteiger partial charge is 0.0341 e. The second-order valence-corrected chi connectivity index (χ2v) is 4.95. The first-order chi connectivity index (χ1) is 7.34. The van der Waals surface area contributed by atoms with Gasteiger partial charge in [0.2, 0.25) is 0 Å². The number of rotatable bonds is 3. The van der Waals surface area contributed by atoms with Crippen molar-refractivity contribution in [2.45, 2.75) is 25.3 Å². The van der Waals surface area contributed by atoms with E-state index in [4.69, 9.17) is 0 Å². The van der Waals surface area contributed by atoms with Gasteiger partial charge in [0, 0.05) is 22.7 Å². The molecular weight excluding hydrogens is 252 g/mol. The zero-order valence-electron chi connectivity index (χ0n) is 8.80. The van der Waals surface area contributed by atoms with Gasteiger partial charge in [-0.3, -0.25) is 0 Å². The van der Waals surface area contributed by atoms with E-state index in [2.05, 4.69) is 50.8 Å². The molecule has 0 radical (unpaired) electrons. The van der Waals surface area contributed by atoms with Crippen molar-refractivity contribution >= 4 is 21.6 Å². The first kappa shape index (κ1) is 11.0. The molecule has 0 spiro atoms. The Morgan fingerprint density at radius 2 is 2.07 bits per heavy atom. The molecule has 1 fully saturated rings. The highest BCUT2D eigenvalue weighted by molar-refractivity contribution is 9.10. The lowest BCUT2D eigenvalue weighted by Gasteiger charge is -2.24. The maximum absolute atomic E-state index is 3.53. The second-order valence-electron chi connectivity index (χ2n) is 4.03. The molecule has 1 saturated heterocycles. The normalized spacial score (nSPS) is 21.3. The molecule has 1 unspecified atom stereocenters. The van der Waals surface area contributed by atoms with Crippen LogP contribution in [0.4, 0.5) is 5.69 Å². The second kappa shape index (κ2) is 5.52. The third kappa shape index (κ3) is 3.50. The lowest BCUT2D eigenvalue weighted by molar-refractivity contribution is 0.414. The maximum Gasteiger partial charge on any atom is 0.0341 e. The van der Waals surface area contributed by atoms with Gasteiger partial charge in [-0.1, -0.05) is 22.4 Å². The van der Waals surface area contributed by atoms with Crippen molar-refractivity contribution < 1.29 is 0 Å². The first-order valence-corrected chi connectivity index (χ1v) is 6.37. The van der Waals surface area contributed by atoms with Gasteiger partial charge in [-0.2, -0.15) is 0 Å². The summed E-state index contributed by atoms with van der Waals surface area (Å²) in [7, 11) is 0. The molecular formula is C12H17BrN2. The molecule has 1 aromatic rings. The molecule has 0 amide bonds. The molecule has 82 valence electrons. The van der Waals surface area contributed by atoms with E-state index >= 15 is 0 Å². The van der Waals surface area contributed by atoms with E-state index in [0.29, 0.717) is 6.04 Å². The summed E-state index contributed by atoms with van der Waals surface area (Å²) in [5, 5.41) is 6.99. The number of benzene rings is 1. The molecule has 1 atom stereocenters. The van der Waals surface area contributed by atoms with Crippen molar-refractivity contribution in [3.63, 3.8) is 0 Å². The summed E-state index contributed by atoms with van der Waals surface area (Å²) in [5.74, 6) is 0. The van der Waals surface area contributed by atoms with Gasteiger partial charge in [-0.15, -0.1) is 0 Å². The van der Waals surface area contributed by atoms with Crippen LogP contribution in [0.5, 0.6) is 0 Å². The predicted octanol–water partition coefficient (Wildman–Crippen LogP) is 3.00. The van der Waals surface area contributed by atoms with Crippen LogP contribution in [0.2, 0.25) is 0 Å². The van der Waals surface area contributed by atoms with Crippen molar-refractivity contribution in [3.8, 4) is 0 Å². The molecule has 1 aromatic carbocycles. The highest BCUT2D eigenvalue weighted by atomic mass is 79.9. The van der Waals surface area contributed by atoms with Crippen molar-refractivity contribution in [2.75, 3.05) is 18.4 Å². The SMILES string of the molecule is Brc1ccc(NCC2CCCCN2)cc1. The summed E-state index contributed by atoms with van der Waals surface area (Å²) >= 11 is 3.43. The van der Waals surface area contributed by atoms with Gasteiger partial charge in [-0.25, -0.2) is 0 Å². The Kier molecular flexibility index (Phi) is 4.03. The van der Waals surface area contributed by atoms with Crippen LogP contribution in [0.15, 0.2) is 28.7 Å². The number of hydrogen-bond acceptors (Lipinski definition) is 2. The maximum atomic E-state index is 3.53. The van der Waals surface area contributed by atoms with Crippen molar-refractivity contribution in [1.29, 1.82) is 0 Å². The molecule has 1 aliphatic rings. The molecule has 3 heteroatoms. The summed E-state index contributed by atoms with van der Waals surface area (Å²) in [6, 6.07) is 8.98. The zero-order chi connectivity index (χ0) is 10.5. The van der Waals surface area contributed by atoms with E-state index in [-0.39, 0.29) is 0 Å². The summed E-state index contributed by atoms with van der Waals surface area (Å²) in [5.41, 5.74) is 1.20. The van der Waals surface area contributed by atoms with Gasteiger partial charge in [0.25, 0.3) is 0 Å². The van der Waals surface area contributed by atoms with E-state index < -0.39 is 0 Å². The highest BCUT2D eigenvalue weighted by Gasteiger charge is 2.11. The average molecular weight is 269 g/mol. The standard InChI is InChI=1S/C12H17BrN2/c13-10-4-6-11(7-5-10)15-9-12-3-1-2-8-14-12/h4-7,12,14-15H,1-3,8-9H2. The van der Waals surface area contributed by atoms with E-state index in [1.807, 2.05) is 0 Å². The van der Waals surface area contributed by atoms with Crippen LogP contribution < -0.4 is 10.6 Å². The predicted molar refractivity (Wildman–Crippen MR) is 68.3 cm³/mol. The summed E-state index contributed by atoms with van der Waals surface area (Å²) in [4.78, 5) is 0. The number of nitrogens with one attached hydrogen (secondary N) is 2. The molecule has 2 N–H and O–H groups in total. The number of piperidine rings is 1. The van der Waals surface area contributed by atoms with Crippen molar-refractivity contribution in [3.05, 3.63) is 28.7 Å². The monoisotopic (exact) mass is 268 g/mol. The van der Waals surface area contributed by atoms with Gasteiger partial charge in [0.1, 0.15) is 0 Å². The molecule has 1 heterocycles. The molecule has 2 rings (SSSR count). The minimum atomic E-state index is 0.641. The zero-order valence-corrected chi connectivity index (χ0v) is 10.4. The number of halogens is 1. The van der Waals surface area contributed by atoms with Crippen LogP contribution >= 0.6 is 15.9 Å². The van der Waals surface area contributed by atoms with Gasteiger partial charge in [0.05, 0.1) is 0 Å². The molecule has 15 heavy (non-hydrogen) atoms. The van der Waals surface area contributed by atoms with Gasteiger partial charge < -0.3 is 10.6 Å². The Balaban J connectivity index is 1.79. The summed E-state index contributed by atoms with van der Waals surface area (Å²) < 4.78 is 1.13. The molecule has 0 aliphatic carbocycles. The number of hydrogen-bond donors (Lipinski definition) is 2. The molecule has 0 bridgehead atoms. The fraction of sp³-hybridized carbons (Fsp3) is 0.500. The van der Waals surface area contributed by atoms with Gasteiger partial charge in [0.15, 0.2) is 0 Å². The van der Waals surface area contributed by atoms with Crippen LogP contribution in [0.3, 0.4) is 0 Å². The molecule has 1 aliphatic heterocycles. The van der Waals surface area contributed by atoms with Crippen LogP contribution in [-0.4, -0.2) is 19.1 Å². The van der Waals surface area contributed by atoms with Crippen LogP contribution in [-0.2, 0) is 0 Å². The minimum absolute atomic E-state index is 0.641. The average Bonchev–Trinajstić information content (AvgIpc) is 2.30. The minimum Gasteiger partial charge on any atom is -0.383 e. The van der Waals surface area contributed by atoms with Crippen LogP contribution in [0.25, 0.3) is 0 Å². The lowest BCUT2D eigenvalue weighted by Crippen LogP contribution is -2.39. The number of anilines is 1. The van der Waals surface area contributed by atoms with Crippen LogP contribution in [0, 0.1) is 0 Å². The van der Waals surface area contributed by atoms with Crippen molar-refractivity contribution in [2.24, 2.45) is 0 Å². The first-order valence-electron chi connectivity index (χ1n) is 5.57. The van der Waals surface area contributed by atoms with E-state index in [1.165, 1.54) is 31.5 Å². The summed E-state index contributed by atoms with van der Waals surface area (Å²) in [6.07, 6.45) is 3.98. The quantitative estimate of drug-likeness (QED) is 0.881. The van der Waals surface area contributed by atoms with Gasteiger partial charge in [-0.05, 0) is 43.7 Å². The molecule has 0 saturated carbocycles. The fourth-order valence-electron chi connectivity index (χ4n) is 1.91. The molecule has 0 aromatic heterocycles. The van der Waals surface area contributed by atoms with E-state index in [1.54, 1.807) is 0 Å². The summed E-state index contributed by atoms with van der Waals surface area (Å²) in [6.45, 7) is 2.20. The Morgan fingerprint density at radius 3 is 2.73 bits per heavy atom. The Hall–Kier alpha value is -0.540. The lowest BCUT2D eigenvalue weighted by atomic mass is 10.1. The van der Waals surface area contributed by atoms with E-state index in [9.17, 15) is 0 Å².